The van der Waals surface area contributed by atoms with Gasteiger partial charge in [-0.3, -0.25) is 9.40 Å². The van der Waals surface area contributed by atoms with E-state index in [2.05, 4.69) is 15.1 Å². The standard InChI is InChI=1S/C19H18F3N5O3S/c1-27-15(5-8-24-27)12-3-2-4-16(12)30-11-9-13(20)18(14(21)10-11)31(28,29)26-17-6-7-23-19(22)25-17/h5-10,12,16H,2-4H2,1H3,(H,23,25,26)/t12-,16+/m1/s1. The zero-order valence-corrected chi connectivity index (χ0v) is 17.1. The van der Waals surface area contributed by atoms with Crippen LogP contribution in [-0.4, -0.2) is 34.3 Å². The topological polar surface area (TPSA) is 99.0 Å². The summed E-state index contributed by atoms with van der Waals surface area (Å²) < 4.78 is 76.6. The van der Waals surface area contributed by atoms with E-state index >= 15 is 0 Å². The van der Waals surface area contributed by atoms with Gasteiger partial charge < -0.3 is 4.74 Å². The van der Waals surface area contributed by atoms with Gasteiger partial charge in [-0.15, -0.1) is 0 Å². The molecule has 0 aliphatic heterocycles. The van der Waals surface area contributed by atoms with Crippen LogP contribution in [-0.2, 0) is 17.1 Å². The van der Waals surface area contributed by atoms with Gasteiger partial charge in [0.15, 0.2) is 4.90 Å². The predicted molar refractivity (Wildman–Crippen MR) is 103 cm³/mol. The van der Waals surface area contributed by atoms with Crippen molar-refractivity contribution in [1.29, 1.82) is 0 Å². The highest BCUT2D eigenvalue weighted by Gasteiger charge is 2.33. The van der Waals surface area contributed by atoms with Crippen molar-refractivity contribution in [2.24, 2.45) is 7.05 Å². The Kier molecular flexibility index (Phi) is 5.56. The average molecular weight is 453 g/mol. The number of halogens is 3. The monoisotopic (exact) mass is 453 g/mol. The highest BCUT2D eigenvalue weighted by Crippen LogP contribution is 2.37. The molecular formula is C19H18F3N5O3S. The first-order valence-electron chi connectivity index (χ1n) is 9.39. The number of benzene rings is 1. The first-order chi connectivity index (χ1) is 14.7. The van der Waals surface area contributed by atoms with Gasteiger partial charge in [-0.2, -0.15) is 14.5 Å². The van der Waals surface area contributed by atoms with Gasteiger partial charge in [-0.05, 0) is 25.3 Å². The number of ether oxygens (including phenoxy) is 1. The third-order valence-electron chi connectivity index (χ3n) is 5.08. The first-order valence-corrected chi connectivity index (χ1v) is 10.9. The fourth-order valence-corrected chi connectivity index (χ4v) is 4.89. The van der Waals surface area contributed by atoms with E-state index in [1.54, 1.807) is 17.9 Å². The summed E-state index contributed by atoms with van der Waals surface area (Å²) in [7, 11) is -2.91. The molecule has 3 aromatic rings. The summed E-state index contributed by atoms with van der Waals surface area (Å²) in [6.07, 6.45) is 3.49. The molecule has 0 spiro atoms. The fraction of sp³-hybridized carbons (Fsp3) is 0.316. The molecule has 8 nitrogen and oxygen atoms in total. The Hall–Kier alpha value is -3.15. The number of aromatic nitrogens is 4. The van der Waals surface area contributed by atoms with Gasteiger partial charge in [-0.25, -0.2) is 22.2 Å². The second-order valence-electron chi connectivity index (χ2n) is 7.11. The molecule has 2 aromatic heterocycles. The fourth-order valence-electron chi connectivity index (χ4n) is 3.77. The lowest BCUT2D eigenvalue weighted by molar-refractivity contribution is 0.185. The Morgan fingerprint density at radius 2 is 1.87 bits per heavy atom. The van der Waals surface area contributed by atoms with Crippen LogP contribution in [0.25, 0.3) is 0 Å². The van der Waals surface area contributed by atoms with Gasteiger partial charge in [0.2, 0.25) is 0 Å². The molecule has 0 amide bonds. The Bertz CT molecular complexity index is 1190. The van der Waals surface area contributed by atoms with Crippen LogP contribution < -0.4 is 9.46 Å². The molecule has 12 heteroatoms. The number of nitrogens with one attached hydrogen (secondary N) is 1. The number of anilines is 1. The van der Waals surface area contributed by atoms with Crippen molar-refractivity contribution in [3.63, 3.8) is 0 Å². The molecular weight excluding hydrogens is 435 g/mol. The second-order valence-corrected chi connectivity index (χ2v) is 8.73. The molecule has 0 saturated heterocycles. The largest absolute Gasteiger partial charge is 0.490 e. The Balaban J connectivity index is 1.58. The minimum absolute atomic E-state index is 0.00337. The van der Waals surface area contributed by atoms with Gasteiger partial charge >= 0.3 is 6.08 Å². The zero-order chi connectivity index (χ0) is 22.2. The predicted octanol–water partition coefficient (Wildman–Crippen LogP) is 3.14. The molecule has 1 aliphatic rings. The lowest BCUT2D eigenvalue weighted by Gasteiger charge is -2.22. The van der Waals surface area contributed by atoms with Crippen LogP contribution in [0.4, 0.5) is 19.0 Å². The maximum Gasteiger partial charge on any atom is 0.310 e. The number of hydrogen-bond acceptors (Lipinski definition) is 6. The molecule has 2 heterocycles. The molecule has 1 N–H and O–H groups in total. The first kappa shape index (κ1) is 21.1. The van der Waals surface area contributed by atoms with Gasteiger partial charge in [0.05, 0.1) is 0 Å². The molecule has 31 heavy (non-hydrogen) atoms. The van der Waals surface area contributed by atoms with Gasteiger partial charge in [0.1, 0.15) is 29.3 Å². The van der Waals surface area contributed by atoms with Gasteiger partial charge in [0, 0.05) is 49.3 Å². The summed E-state index contributed by atoms with van der Waals surface area (Å²) in [4.78, 5) is 5.20. The van der Waals surface area contributed by atoms with Gasteiger partial charge in [0.25, 0.3) is 10.0 Å². The van der Waals surface area contributed by atoms with E-state index in [1.807, 2.05) is 10.8 Å². The van der Waals surface area contributed by atoms with Crippen LogP contribution >= 0.6 is 0 Å². The highest BCUT2D eigenvalue weighted by molar-refractivity contribution is 7.92. The van der Waals surface area contributed by atoms with Crippen LogP contribution in [0.2, 0.25) is 0 Å². The summed E-state index contributed by atoms with van der Waals surface area (Å²) in [6.45, 7) is 0. The Morgan fingerprint density at radius 1 is 1.13 bits per heavy atom. The molecule has 4 rings (SSSR count). The second kappa shape index (κ2) is 8.17. The van der Waals surface area contributed by atoms with Crippen LogP contribution in [0.3, 0.4) is 0 Å². The van der Waals surface area contributed by atoms with E-state index in [0.29, 0.717) is 6.42 Å². The molecule has 1 aliphatic carbocycles. The quantitative estimate of drug-likeness (QED) is 0.576. The summed E-state index contributed by atoms with van der Waals surface area (Å²) in [5.41, 5.74) is 0.948. The number of sulfonamides is 1. The van der Waals surface area contributed by atoms with E-state index in [9.17, 15) is 21.6 Å². The Morgan fingerprint density at radius 3 is 2.52 bits per heavy atom. The SMILES string of the molecule is Cn1nccc1[C@H]1CCC[C@@H]1Oc1cc(F)c(S(=O)(=O)Nc2ccnc(F)n2)c(F)c1. The number of rotatable bonds is 6. The smallest absolute Gasteiger partial charge is 0.310 e. The minimum Gasteiger partial charge on any atom is -0.490 e. The number of hydrogen-bond donors (Lipinski definition) is 1. The summed E-state index contributed by atoms with van der Waals surface area (Å²) in [5.74, 6) is -3.27. The van der Waals surface area contributed by atoms with Crippen molar-refractivity contribution in [3.8, 4) is 5.75 Å². The van der Waals surface area contributed by atoms with E-state index < -0.39 is 38.4 Å². The summed E-state index contributed by atoms with van der Waals surface area (Å²) in [5, 5.41) is 4.14. The molecule has 0 bridgehead atoms. The zero-order valence-electron chi connectivity index (χ0n) is 16.3. The summed E-state index contributed by atoms with van der Waals surface area (Å²) >= 11 is 0. The Labute approximate surface area is 176 Å². The van der Waals surface area contributed by atoms with Crippen molar-refractivity contribution < 1.29 is 26.3 Å². The van der Waals surface area contributed by atoms with Crippen LogP contribution in [0, 0.1) is 17.7 Å². The maximum absolute atomic E-state index is 14.6. The third-order valence-corrected chi connectivity index (χ3v) is 6.49. The van der Waals surface area contributed by atoms with Crippen molar-refractivity contribution >= 4 is 15.8 Å². The van der Waals surface area contributed by atoms with Crippen molar-refractivity contribution in [1.82, 2.24) is 19.7 Å². The lowest BCUT2D eigenvalue weighted by atomic mass is 10.0. The van der Waals surface area contributed by atoms with Gasteiger partial charge in [-0.1, -0.05) is 0 Å². The molecule has 1 fully saturated rings. The maximum atomic E-state index is 14.6. The van der Waals surface area contributed by atoms with Crippen molar-refractivity contribution in [2.75, 3.05) is 4.72 Å². The molecule has 164 valence electrons. The molecule has 2 atom stereocenters. The summed E-state index contributed by atoms with van der Waals surface area (Å²) in [6, 6.07) is 4.55. The lowest BCUT2D eigenvalue weighted by Crippen LogP contribution is -2.22. The number of aryl methyl sites for hydroxylation is 1. The minimum atomic E-state index is -4.71. The normalized spacial score (nSPS) is 18.8. The molecule has 1 aromatic carbocycles. The third kappa shape index (κ3) is 4.33. The van der Waals surface area contributed by atoms with Crippen LogP contribution in [0.1, 0.15) is 30.9 Å². The van der Waals surface area contributed by atoms with E-state index in [-0.39, 0.29) is 17.8 Å². The average Bonchev–Trinajstić information content (AvgIpc) is 3.28. The van der Waals surface area contributed by atoms with E-state index in [0.717, 1.165) is 42.9 Å². The highest BCUT2D eigenvalue weighted by atomic mass is 32.2. The van der Waals surface area contributed by atoms with Crippen molar-refractivity contribution in [3.05, 3.63) is 60.1 Å². The van der Waals surface area contributed by atoms with Crippen LogP contribution in [0.15, 0.2) is 41.6 Å². The van der Waals surface area contributed by atoms with E-state index in [4.69, 9.17) is 4.74 Å². The van der Waals surface area contributed by atoms with E-state index in [1.165, 1.54) is 0 Å². The van der Waals surface area contributed by atoms with Crippen molar-refractivity contribution in [2.45, 2.75) is 36.2 Å². The van der Waals surface area contributed by atoms with Crippen LogP contribution in [0.5, 0.6) is 5.75 Å². The number of nitrogens with zero attached hydrogens (tertiary/aromatic N) is 4. The molecule has 0 unspecified atom stereocenters. The molecule has 1 saturated carbocycles. The molecule has 0 radical (unpaired) electrons.